The molecular formula is C25H31NO2. The third-order valence-corrected chi connectivity index (χ3v) is 5.22. The second kappa shape index (κ2) is 9.09. The summed E-state index contributed by atoms with van der Waals surface area (Å²) in [5, 5.41) is 0. The molecule has 0 aliphatic heterocycles. The average Bonchev–Trinajstić information content (AvgIpc) is 3.13. The molecule has 1 unspecified atom stereocenters. The van der Waals surface area contributed by atoms with Gasteiger partial charge >= 0.3 is 0 Å². The van der Waals surface area contributed by atoms with Crippen LogP contribution in [0.25, 0.3) is 11.5 Å². The maximum absolute atomic E-state index is 6.25. The molecule has 0 saturated heterocycles. The minimum Gasteiger partial charge on any atom is -0.493 e. The summed E-state index contributed by atoms with van der Waals surface area (Å²) >= 11 is 0. The van der Waals surface area contributed by atoms with Crippen molar-refractivity contribution in [3.05, 3.63) is 71.1 Å². The molecule has 0 radical (unpaired) electrons. The molecule has 1 heterocycles. The highest BCUT2D eigenvalue weighted by Crippen LogP contribution is 2.33. The summed E-state index contributed by atoms with van der Waals surface area (Å²) in [6.45, 7) is 11.4. The van der Waals surface area contributed by atoms with Crippen molar-refractivity contribution in [3.63, 3.8) is 0 Å². The molecular weight excluding hydrogens is 346 g/mol. The zero-order chi connectivity index (χ0) is 20.1. The molecule has 3 nitrogen and oxygen atoms in total. The van der Waals surface area contributed by atoms with Crippen LogP contribution in [0, 0.1) is 6.92 Å². The van der Waals surface area contributed by atoms with Crippen LogP contribution >= 0.6 is 0 Å². The SMILES string of the molecule is CCC(C)c1ccccc1-c1nc(CCOc2ccc(C)cc2)c(C(C)C)o1. The molecule has 1 atom stereocenters. The molecule has 0 spiro atoms. The molecule has 2 aromatic carbocycles. The van der Waals surface area contributed by atoms with Crippen molar-refractivity contribution >= 4 is 0 Å². The highest BCUT2D eigenvalue weighted by atomic mass is 16.5. The smallest absolute Gasteiger partial charge is 0.226 e. The van der Waals surface area contributed by atoms with Gasteiger partial charge in [-0.05, 0) is 43.0 Å². The lowest BCUT2D eigenvalue weighted by Crippen LogP contribution is -2.04. The fourth-order valence-corrected chi connectivity index (χ4v) is 3.35. The molecule has 0 amide bonds. The first-order chi connectivity index (χ1) is 13.5. The number of oxazole rings is 1. The Bertz CT molecular complexity index is 893. The second-order valence-electron chi connectivity index (χ2n) is 7.79. The molecule has 148 valence electrons. The summed E-state index contributed by atoms with van der Waals surface area (Å²) in [4.78, 5) is 4.88. The van der Waals surface area contributed by atoms with Gasteiger partial charge in [-0.3, -0.25) is 0 Å². The monoisotopic (exact) mass is 377 g/mol. The van der Waals surface area contributed by atoms with Gasteiger partial charge in [0.25, 0.3) is 0 Å². The van der Waals surface area contributed by atoms with E-state index in [1.54, 1.807) is 0 Å². The van der Waals surface area contributed by atoms with Crippen molar-refractivity contribution < 1.29 is 9.15 Å². The Hall–Kier alpha value is -2.55. The van der Waals surface area contributed by atoms with Crippen LogP contribution in [0.2, 0.25) is 0 Å². The minimum atomic E-state index is 0.284. The molecule has 0 N–H and O–H groups in total. The van der Waals surface area contributed by atoms with Crippen molar-refractivity contribution in [3.8, 4) is 17.2 Å². The van der Waals surface area contributed by atoms with Gasteiger partial charge in [-0.15, -0.1) is 0 Å². The van der Waals surface area contributed by atoms with Crippen LogP contribution in [0.5, 0.6) is 5.75 Å². The quantitative estimate of drug-likeness (QED) is 0.428. The summed E-state index contributed by atoms with van der Waals surface area (Å²) in [5.41, 5.74) is 4.63. The van der Waals surface area contributed by atoms with Crippen LogP contribution in [-0.4, -0.2) is 11.6 Å². The Labute approximate surface area is 168 Å². The Morgan fingerprint density at radius 2 is 1.71 bits per heavy atom. The lowest BCUT2D eigenvalue weighted by atomic mass is 9.94. The summed E-state index contributed by atoms with van der Waals surface area (Å²) in [6, 6.07) is 16.6. The van der Waals surface area contributed by atoms with Gasteiger partial charge in [-0.1, -0.05) is 63.6 Å². The van der Waals surface area contributed by atoms with Crippen LogP contribution in [0.15, 0.2) is 52.9 Å². The van der Waals surface area contributed by atoms with E-state index in [0.29, 0.717) is 12.5 Å². The van der Waals surface area contributed by atoms with Gasteiger partial charge in [0.05, 0.1) is 12.3 Å². The van der Waals surface area contributed by atoms with Crippen molar-refractivity contribution in [2.45, 2.75) is 59.3 Å². The summed E-state index contributed by atoms with van der Waals surface area (Å²) < 4.78 is 12.2. The number of rotatable bonds is 8. The molecule has 3 aromatic rings. The Morgan fingerprint density at radius 3 is 2.39 bits per heavy atom. The highest BCUT2D eigenvalue weighted by molar-refractivity contribution is 5.60. The number of aromatic nitrogens is 1. The predicted octanol–water partition coefficient (Wildman–Crippen LogP) is 6.91. The topological polar surface area (TPSA) is 35.3 Å². The third-order valence-electron chi connectivity index (χ3n) is 5.22. The van der Waals surface area contributed by atoms with E-state index in [9.17, 15) is 0 Å². The molecule has 0 bridgehead atoms. The minimum absolute atomic E-state index is 0.284. The van der Waals surface area contributed by atoms with Gasteiger partial charge in [0.1, 0.15) is 11.5 Å². The van der Waals surface area contributed by atoms with E-state index in [4.69, 9.17) is 14.1 Å². The normalized spacial score (nSPS) is 12.4. The first kappa shape index (κ1) is 20.2. The van der Waals surface area contributed by atoms with Gasteiger partial charge < -0.3 is 9.15 Å². The Kier molecular flexibility index (Phi) is 6.56. The summed E-state index contributed by atoms with van der Waals surface area (Å²) in [7, 11) is 0. The molecule has 3 heteroatoms. The van der Waals surface area contributed by atoms with Crippen molar-refractivity contribution in [2.75, 3.05) is 6.61 Å². The van der Waals surface area contributed by atoms with Crippen molar-refractivity contribution in [1.82, 2.24) is 4.98 Å². The maximum Gasteiger partial charge on any atom is 0.226 e. The van der Waals surface area contributed by atoms with Crippen LogP contribution in [-0.2, 0) is 6.42 Å². The largest absolute Gasteiger partial charge is 0.493 e. The standard InChI is InChI=1S/C25H31NO2/c1-6-19(5)21-9-7-8-10-22(21)25-26-23(24(28-25)17(2)3)15-16-27-20-13-11-18(4)12-14-20/h7-14,17,19H,6,15-16H2,1-5H3. The van der Waals surface area contributed by atoms with E-state index in [1.807, 2.05) is 12.1 Å². The van der Waals surface area contributed by atoms with Crippen LogP contribution in [0.1, 0.15) is 68.5 Å². The predicted molar refractivity (Wildman–Crippen MR) is 115 cm³/mol. The van der Waals surface area contributed by atoms with Gasteiger partial charge in [-0.25, -0.2) is 4.98 Å². The zero-order valence-electron chi connectivity index (χ0n) is 17.7. The first-order valence-corrected chi connectivity index (χ1v) is 10.3. The van der Waals surface area contributed by atoms with Gasteiger partial charge in [0.2, 0.25) is 5.89 Å². The molecule has 28 heavy (non-hydrogen) atoms. The first-order valence-electron chi connectivity index (χ1n) is 10.3. The number of hydrogen-bond acceptors (Lipinski definition) is 3. The fraction of sp³-hybridized carbons (Fsp3) is 0.400. The number of aryl methyl sites for hydroxylation is 1. The van der Waals surface area contributed by atoms with E-state index in [1.165, 1.54) is 11.1 Å². The molecule has 0 fully saturated rings. The van der Waals surface area contributed by atoms with Crippen LogP contribution in [0.3, 0.4) is 0 Å². The van der Waals surface area contributed by atoms with Crippen molar-refractivity contribution in [1.29, 1.82) is 0 Å². The van der Waals surface area contributed by atoms with E-state index >= 15 is 0 Å². The molecule has 0 aliphatic carbocycles. The molecule has 0 aliphatic rings. The maximum atomic E-state index is 6.25. The molecule has 0 saturated carbocycles. The Morgan fingerprint density at radius 1 is 1.00 bits per heavy atom. The van der Waals surface area contributed by atoms with E-state index in [0.717, 1.165) is 41.5 Å². The number of ether oxygens (including phenoxy) is 1. The lowest BCUT2D eigenvalue weighted by molar-refractivity contribution is 0.319. The molecule has 3 rings (SSSR count). The zero-order valence-corrected chi connectivity index (χ0v) is 17.7. The Balaban J connectivity index is 1.81. The van der Waals surface area contributed by atoms with Gasteiger partial charge in [-0.2, -0.15) is 0 Å². The number of nitrogens with zero attached hydrogens (tertiary/aromatic N) is 1. The lowest BCUT2D eigenvalue weighted by Gasteiger charge is -2.12. The van der Waals surface area contributed by atoms with Gasteiger partial charge in [0, 0.05) is 17.9 Å². The highest BCUT2D eigenvalue weighted by Gasteiger charge is 2.20. The molecule has 1 aromatic heterocycles. The van der Waals surface area contributed by atoms with Crippen LogP contribution < -0.4 is 4.74 Å². The number of benzene rings is 2. The summed E-state index contributed by atoms with van der Waals surface area (Å²) in [5.74, 6) is 3.33. The van der Waals surface area contributed by atoms with E-state index in [2.05, 4.69) is 71.0 Å². The van der Waals surface area contributed by atoms with E-state index in [-0.39, 0.29) is 5.92 Å². The number of hydrogen-bond donors (Lipinski definition) is 0. The van der Waals surface area contributed by atoms with E-state index < -0.39 is 0 Å². The van der Waals surface area contributed by atoms with Crippen LogP contribution in [0.4, 0.5) is 0 Å². The van der Waals surface area contributed by atoms with Gasteiger partial charge in [0.15, 0.2) is 0 Å². The summed E-state index contributed by atoms with van der Waals surface area (Å²) in [6.07, 6.45) is 1.82. The van der Waals surface area contributed by atoms with Crippen molar-refractivity contribution in [2.24, 2.45) is 0 Å². The second-order valence-corrected chi connectivity index (χ2v) is 7.79. The third kappa shape index (κ3) is 4.64. The average molecular weight is 378 g/mol. The fourth-order valence-electron chi connectivity index (χ4n) is 3.35.